The monoisotopic (exact) mass is 141 g/mol. The Bertz CT molecular complexity index is 89.0. The molecule has 0 unspecified atom stereocenters. The average Bonchev–Trinajstić information content (AvgIpc) is 1.97. The van der Waals surface area contributed by atoms with Gasteiger partial charge in [0.25, 0.3) is 0 Å². The largest absolute Gasteiger partial charge is 0.313 e. The van der Waals surface area contributed by atoms with E-state index < -0.39 is 0 Å². The first kappa shape index (κ1) is 9.30. The molecule has 0 aliphatic carbocycles. The van der Waals surface area contributed by atoms with E-state index in [4.69, 9.17) is 10.8 Å². The van der Waals surface area contributed by atoms with E-state index in [9.17, 15) is 0 Å². The second-order valence-electron chi connectivity index (χ2n) is 2.29. The molecule has 58 valence electrons. The molecule has 0 fully saturated rings. The summed E-state index contributed by atoms with van der Waals surface area (Å²) in [5.74, 6) is 0. The number of hydrogen-bond acceptors (Lipinski definition) is 3. The van der Waals surface area contributed by atoms with Crippen molar-refractivity contribution in [3.8, 4) is 0 Å². The van der Waals surface area contributed by atoms with Gasteiger partial charge < -0.3 is 15.7 Å². The number of nitrogens with one attached hydrogen (secondary N) is 2. The van der Waals surface area contributed by atoms with Crippen molar-refractivity contribution in [2.24, 2.45) is 0 Å². The van der Waals surface area contributed by atoms with Crippen LogP contribution in [0.25, 0.3) is 0 Å². The lowest BCUT2D eigenvalue weighted by Gasteiger charge is -2.12. The van der Waals surface area contributed by atoms with Crippen molar-refractivity contribution in [1.82, 2.24) is 4.90 Å². The molecule has 0 amide bonds. The maximum atomic E-state index is 6.78. The minimum atomic E-state index is 0.814. The predicted molar refractivity (Wildman–Crippen MR) is 44.3 cm³/mol. The Kier molecular flexibility index (Phi) is 5.97. The molecule has 0 aliphatic heterocycles. The van der Waals surface area contributed by atoms with Crippen LogP contribution in [0.2, 0.25) is 0 Å². The fraction of sp³-hybridized carbons (Fsp3) is 0.714. The molecule has 0 bridgehead atoms. The van der Waals surface area contributed by atoms with Crippen LogP contribution in [-0.2, 0) is 0 Å². The second kappa shape index (κ2) is 6.42. The molecule has 0 radical (unpaired) electrons. The van der Waals surface area contributed by atoms with E-state index in [1.54, 1.807) is 0 Å². The Balaban J connectivity index is 3.15. The summed E-state index contributed by atoms with van der Waals surface area (Å²) < 4.78 is 0. The van der Waals surface area contributed by atoms with Crippen molar-refractivity contribution in [2.75, 3.05) is 20.1 Å². The van der Waals surface area contributed by atoms with Gasteiger partial charge >= 0.3 is 0 Å². The highest BCUT2D eigenvalue weighted by Crippen LogP contribution is 1.85. The first-order chi connectivity index (χ1) is 4.81. The van der Waals surface area contributed by atoms with Gasteiger partial charge in [-0.3, -0.25) is 0 Å². The SMILES string of the molecule is CN(CCC=N)CCC=N. The summed E-state index contributed by atoms with van der Waals surface area (Å²) in [6.45, 7) is 1.86. The number of hydrogen-bond donors (Lipinski definition) is 2. The molecule has 0 saturated heterocycles. The zero-order valence-electron chi connectivity index (χ0n) is 6.43. The van der Waals surface area contributed by atoms with Crippen LogP contribution in [-0.4, -0.2) is 37.5 Å². The summed E-state index contributed by atoms with van der Waals surface area (Å²) in [5.41, 5.74) is 0. The molecule has 0 saturated carbocycles. The van der Waals surface area contributed by atoms with Crippen LogP contribution in [0.5, 0.6) is 0 Å². The molecule has 0 aliphatic rings. The molecule has 3 nitrogen and oxygen atoms in total. The van der Waals surface area contributed by atoms with Crippen molar-refractivity contribution < 1.29 is 0 Å². The van der Waals surface area contributed by atoms with E-state index in [1.165, 1.54) is 12.4 Å². The highest BCUT2D eigenvalue weighted by Gasteiger charge is 1.93. The lowest BCUT2D eigenvalue weighted by atomic mass is 10.4. The fourth-order valence-electron chi connectivity index (χ4n) is 0.682. The van der Waals surface area contributed by atoms with Crippen LogP contribution in [0.3, 0.4) is 0 Å². The third-order valence-electron chi connectivity index (χ3n) is 1.31. The predicted octanol–water partition coefficient (Wildman–Crippen LogP) is 0.998. The number of nitrogens with zero attached hydrogens (tertiary/aromatic N) is 1. The molecule has 2 N–H and O–H groups in total. The van der Waals surface area contributed by atoms with Crippen LogP contribution < -0.4 is 0 Å². The normalized spacial score (nSPS) is 9.80. The van der Waals surface area contributed by atoms with Gasteiger partial charge in [-0.15, -0.1) is 0 Å². The smallest absolute Gasteiger partial charge is 0.00277 e. The van der Waals surface area contributed by atoms with Gasteiger partial charge in [0.05, 0.1) is 0 Å². The standard InChI is InChI=1S/C7H15N3/c1-10(6-2-4-8)7-3-5-9/h4-5,8-9H,2-3,6-7H2,1H3. The zero-order chi connectivity index (χ0) is 7.82. The molecule has 0 heterocycles. The van der Waals surface area contributed by atoms with E-state index in [-0.39, 0.29) is 0 Å². The molecule has 0 aromatic heterocycles. The Morgan fingerprint density at radius 2 is 1.50 bits per heavy atom. The first-order valence-electron chi connectivity index (χ1n) is 3.47. The van der Waals surface area contributed by atoms with Crippen LogP contribution in [0.4, 0.5) is 0 Å². The summed E-state index contributed by atoms with van der Waals surface area (Å²) >= 11 is 0. The van der Waals surface area contributed by atoms with Gasteiger partial charge in [0, 0.05) is 13.1 Å². The topological polar surface area (TPSA) is 50.9 Å². The Morgan fingerprint density at radius 1 is 1.10 bits per heavy atom. The molecule has 0 aromatic rings. The lowest BCUT2D eigenvalue weighted by Crippen LogP contribution is -2.21. The van der Waals surface area contributed by atoms with Crippen LogP contribution in [0.1, 0.15) is 12.8 Å². The maximum Gasteiger partial charge on any atom is 0.00277 e. The molecule has 3 heteroatoms. The minimum Gasteiger partial charge on any atom is -0.313 e. The van der Waals surface area contributed by atoms with Gasteiger partial charge in [-0.25, -0.2) is 0 Å². The van der Waals surface area contributed by atoms with Crippen molar-refractivity contribution in [3.05, 3.63) is 0 Å². The highest BCUT2D eigenvalue weighted by molar-refractivity contribution is 5.53. The summed E-state index contributed by atoms with van der Waals surface area (Å²) in [6.07, 6.45) is 4.46. The van der Waals surface area contributed by atoms with Gasteiger partial charge in [-0.1, -0.05) is 0 Å². The summed E-state index contributed by atoms with van der Waals surface area (Å²) in [5, 5.41) is 13.6. The highest BCUT2D eigenvalue weighted by atomic mass is 15.1. The van der Waals surface area contributed by atoms with Gasteiger partial charge in [0.15, 0.2) is 0 Å². The summed E-state index contributed by atoms with van der Waals surface area (Å²) in [7, 11) is 2.01. The lowest BCUT2D eigenvalue weighted by molar-refractivity contribution is 0.356. The maximum absolute atomic E-state index is 6.78. The van der Waals surface area contributed by atoms with Crippen molar-refractivity contribution in [2.45, 2.75) is 12.8 Å². The van der Waals surface area contributed by atoms with E-state index in [0.717, 1.165) is 25.9 Å². The van der Waals surface area contributed by atoms with E-state index in [1.807, 2.05) is 7.05 Å². The summed E-state index contributed by atoms with van der Waals surface area (Å²) in [4.78, 5) is 2.12. The first-order valence-corrected chi connectivity index (χ1v) is 3.47. The van der Waals surface area contributed by atoms with Gasteiger partial charge in [-0.05, 0) is 32.3 Å². The minimum absolute atomic E-state index is 0.814. The molecule has 0 atom stereocenters. The Labute approximate surface area is 62.1 Å². The van der Waals surface area contributed by atoms with E-state index >= 15 is 0 Å². The average molecular weight is 141 g/mol. The van der Waals surface area contributed by atoms with E-state index in [2.05, 4.69) is 4.90 Å². The fourth-order valence-corrected chi connectivity index (χ4v) is 0.682. The molecule has 10 heavy (non-hydrogen) atoms. The van der Waals surface area contributed by atoms with Crippen LogP contribution in [0.15, 0.2) is 0 Å². The molecule has 0 rings (SSSR count). The van der Waals surface area contributed by atoms with E-state index in [0.29, 0.717) is 0 Å². The molecular formula is C7H15N3. The van der Waals surface area contributed by atoms with Crippen molar-refractivity contribution >= 4 is 12.4 Å². The van der Waals surface area contributed by atoms with Crippen molar-refractivity contribution in [1.29, 1.82) is 10.8 Å². The quantitative estimate of drug-likeness (QED) is 0.533. The van der Waals surface area contributed by atoms with Crippen LogP contribution in [0, 0.1) is 10.8 Å². The molecule has 0 spiro atoms. The third kappa shape index (κ3) is 5.44. The second-order valence-corrected chi connectivity index (χ2v) is 2.29. The van der Waals surface area contributed by atoms with Gasteiger partial charge in [0.2, 0.25) is 0 Å². The third-order valence-corrected chi connectivity index (χ3v) is 1.31. The van der Waals surface area contributed by atoms with Crippen molar-refractivity contribution in [3.63, 3.8) is 0 Å². The summed E-state index contributed by atoms with van der Waals surface area (Å²) in [6, 6.07) is 0. The van der Waals surface area contributed by atoms with Gasteiger partial charge in [-0.2, -0.15) is 0 Å². The Hall–Kier alpha value is -0.700. The molecule has 0 aromatic carbocycles. The van der Waals surface area contributed by atoms with Gasteiger partial charge in [0.1, 0.15) is 0 Å². The Morgan fingerprint density at radius 3 is 1.80 bits per heavy atom. The number of rotatable bonds is 6. The molecular weight excluding hydrogens is 126 g/mol. The zero-order valence-corrected chi connectivity index (χ0v) is 6.43. The van der Waals surface area contributed by atoms with Crippen LogP contribution >= 0.6 is 0 Å².